The average Bonchev–Trinajstić information content (AvgIpc) is 1.83. The molecule has 5 nitrogen and oxygen atoms in total. The molecule has 0 aromatic carbocycles. The summed E-state index contributed by atoms with van der Waals surface area (Å²) in [5, 5.41) is 1.44. The van der Waals surface area contributed by atoms with Crippen LogP contribution in [-0.4, -0.2) is 25.1 Å². The van der Waals surface area contributed by atoms with E-state index in [-0.39, 0.29) is 0 Å². The van der Waals surface area contributed by atoms with Crippen molar-refractivity contribution in [2.24, 2.45) is 16.6 Å². The van der Waals surface area contributed by atoms with Crippen LogP contribution in [0.2, 0.25) is 0 Å². The van der Waals surface area contributed by atoms with Gasteiger partial charge < -0.3 is 5.73 Å². The van der Waals surface area contributed by atoms with Crippen molar-refractivity contribution in [3.8, 4) is 0 Å². The summed E-state index contributed by atoms with van der Waals surface area (Å²) < 4.78 is 0. The van der Waals surface area contributed by atoms with Gasteiger partial charge in [-0.05, 0) is 0 Å². The van der Waals surface area contributed by atoms with E-state index in [9.17, 15) is 0 Å². The lowest BCUT2D eigenvalue weighted by molar-refractivity contribution is 0.332. The maximum atomic E-state index is 5.16. The zero-order chi connectivity index (χ0) is 6.41. The van der Waals surface area contributed by atoms with Crippen molar-refractivity contribution in [3.63, 3.8) is 0 Å². The fourth-order valence-electron chi connectivity index (χ4n) is 0.273. The van der Waals surface area contributed by atoms with E-state index < -0.39 is 0 Å². The first-order valence-electron chi connectivity index (χ1n) is 2.20. The summed E-state index contributed by atoms with van der Waals surface area (Å²) in [6.07, 6.45) is 1.50. The first-order valence-corrected chi connectivity index (χ1v) is 2.20. The van der Waals surface area contributed by atoms with Crippen molar-refractivity contribution in [2.75, 3.05) is 13.7 Å². The van der Waals surface area contributed by atoms with Gasteiger partial charge >= 0.3 is 0 Å². The molecule has 0 aliphatic heterocycles. The Hall–Kier alpha value is -0.650. The highest BCUT2D eigenvalue weighted by Crippen LogP contribution is 1.63. The van der Waals surface area contributed by atoms with E-state index in [1.165, 1.54) is 11.3 Å². The van der Waals surface area contributed by atoms with Gasteiger partial charge in [-0.3, -0.25) is 15.8 Å². The molecule has 0 rings (SSSR count). The second kappa shape index (κ2) is 4.51. The van der Waals surface area contributed by atoms with Gasteiger partial charge in [-0.2, -0.15) is 5.53 Å². The Bertz CT molecular complexity index is 66.1. The van der Waals surface area contributed by atoms with Gasteiger partial charge in [0.1, 0.15) is 6.34 Å². The molecule has 0 atom stereocenters. The third-order valence-corrected chi connectivity index (χ3v) is 0.617. The lowest BCUT2D eigenvalue weighted by Gasteiger charge is -2.12. The molecule has 0 heterocycles. The Labute approximate surface area is 48.3 Å². The molecular formula is C3H11N5. The molecular weight excluding hydrogens is 106 g/mol. The molecule has 0 saturated carbocycles. The summed E-state index contributed by atoms with van der Waals surface area (Å²) in [4.78, 5) is 3.66. The van der Waals surface area contributed by atoms with Crippen molar-refractivity contribution in [1.82, 2.24) is 10.5 Å². The molecule has 0 amide bonds. The lowest BCUT2D eigenvalue weighted by atomic mass is 11.0. The Morgan fingerprint density at radius 2 is 2.50 bits per heavy atom. The van der Waals surface area contributed by atoms with Crippen molar-refractivity contribution in [2.45, 2.75) is 0 Å². The Balaban J connectivity index is 3.36. The van der Waals surface area contributed by atoms with Gasteiger partial charge in [-0.1, -0.05) is 0 Å². The summed E-state index contributed by atoms with van der Waals surface area (Å²) in [6, 6.07) is 0. The normalized spacial score (nSPS) is 10.4. The Kier molecular flexibility index (Phi) is 4.14. The van der Waals surface area contributed by atoms with E-state index in [1.54, 1.807) is 7.05 Å². The van der Waals surface area contributed by atoms with Crippen LogP contribution in [0.25, 0.3) is 0 Å². The topological polar surface area (TPSA) is 79.7 Å². The van der Waals surface area contributed by atoms with Crippen molar-refractivity contribution in [1.29, 1.82) is 0 Å². The highest BCUT2D eigenvalue weighted by atomic mass is 15.6. The zero-order valence-corrected chi connectivity index (χ0v) is 4.83. The van der Waals surface area contributed by atoms with Gasteiger partial charge in [0.05, 0.1) is 6.67 Å². The Morgan fingerprint density at radius 1 is 1.88 bits per heavy atom. The van der Waals surface area contributed by atoms with Gasteiger partial charge in [0.2, 0.25) is 0 Å². The summed E-state index contributed by atoms with van der Waals surface area (Å²) in [5.41, 5.74) is 7.47. The van der Waals surface area contributed by atoms with Crippen LogP contribution in [0.5, 0.6) is 0 Å². The molecule has 0 radical (unpaired) electrons. The van der Waals surface area contributed by atoms with E-state index in [4.69, 9.17) is 11.6 Å². The van der Waals surface area contributed by atoms with Crippen molar-refractivity contribution < 1.29 is 0 Å². The van der Waals surface area contributed by atoms with Crippen LogP contribution in [0, 0.1) is 0 Å². The van der Waals surface area contributed by atoms with Crippen LogP contribution in [0.3, 0.4) is 0 Å². The van der Waals surface area contributed by atoms with E-state index >= 15 is 0 Å². The molecule has 0 fully saturated rings. The molecule has 48 valence electrons. The van der Waals surface area contributed by atoms with Gasteiger partial charge in [0.15, 0.2) is 0 Å². The van der Waals surface area contributed by atoms with E-state index in [0.29, 0.717) is 6.67 Å². The predicted molar refractivity (Wildman–Crippen MR) is 32.6 cm³/mol. The lowest BCUT2D eigenvalue weighted by Crippen LogP contribution is -2.45. The number of aliphatic imine (C=N–C) groups is 1. The second-order valence-electron chi connectivity index (χ2n) is 1.16. The van der Waals surface area contributed by atoms with E-state index in [0.717, 1.165) is 0 Å². The fourth-order valence-corrected chi connectivity index (χ4v) is 0.273. The number of hydrogen-bond donors (Lipinski definition) is 3. The predicted octanol–water partition coefficient (Wildman–Crippen LogP) is -1.76. The van der Waals surface area contributed by atoms with Gasteiger partial charge in [-0.25, -0.2) is 0 Å². The highest BCUT2D eigenvalue weighted by molar-refractivity contribution is 5.53. The third kappa shape index (κ3) is 2.51. The minimum Gasteiger partial charge on any atom is -0.313 e. The second-order valence-corrected chi connectivity index (χ2v) is 1.16. The highest BCUT2D eigenvalue weighted by Gasteiger charge is 1.85. The molecule has 8 heavy (non-hydrogen) atoms. The monoisotopic (exact) mass is 117 g/mol. The molecule has 0 aliphatic carbocycles. The number of nitrogens with one attached hydrogen (secondary N) is 1. The zero-order valence-electron chi connectivity index (χ0n) is 4.83. The number of nitrogens with zero attached hydrogens (tertiary/aromatic N) is 2. The summed E-state index contributed by atoms with van der Waals surface area (Å²) >= 11 is 0. The third-order valence-electron chi connectivity index (χ3n) is 0.617. The summed E-state index contributed by atoms with van der Waals surface area (Å²) in [6.45, 7) is 0.313. The van der Waals surface area contributed by atoms with Crippen molar-refractivity contribution >= 4 is 6.34 Å². The van der Waals surface area contributed by atoms with E-state index in [2.05, 4.69) is 10.5 Å². The fraction of sp³-hybridized carbons (Fsp3) is 0.667. The number of rotatable bonds is 3. The smallest absolute Gasteiger partial charge is 0.101 e. The Morgan fingerprint density at radius 3 is 2.62 bits per heavy atom. The number of nitrogens with two attached hydrogens (primary N) is 2. The van der Waals surface area contributed by atoms with Crippen LogP contribution in [0.1, 0.15) is 0 Å². The number of hydrazine groups is 2. The molecule has 0 bridgehead atoms. The molecule has 0 saturated heterocycles. The van der Waals surface area contributed by atoms with Gasteiger partial charge in [0.25, 0.3) is 0 Å². The SMILES string of the molecule is CN=CN(CN)NN. The molecule has 5 N–H and O–H groups in total. The molecule has 5 heteroatoms. The maximum absolute atomic E-state index is 5.16. The minimum atomic E-state index is 0.313. The molecule has 0 aromatic heterocycles. The molecule has 0 spiro atoms. The van der Waals surface area contributed by atoms with Crippen molar-refractivity contribution in [3.05, 3.63) is 0 Å². The largest absolute Gasteiger partial charge is 0.313 e. The summed E-state index contributed by atoms with van der Waals surface area (Å²) in [7, 11) is 1.64. The average molecular weight is 117 g/mol. The van der Waals surface area contributed by atoms with Crippen LogP contribution < -0.4 is 17.1 Å². The number of hydrogen-bond acceptors (Lipinski definition) is 4. The molecule has 0 unspecified atom stereocenters. The van der Waals surface area contributed by atoms with Gasteiger partial charge in [-0.15, -0.1) is 0 Å². The van der Waals surface area contributed by atoms with Gasteiger partial charge in [0, 0.05) is 7.05 Å². The minimum absolute atomic E-state index is 0.313. The van der Waals surface area contributed by atoms with Crippen LogP contribution >= 0.6 is 0 Å². The van der Waals surface area contributed by atoms with E-state index in [1.807, 2.05) is 0 Å². The standard InChI is InChI=1S/C3H11N5/c1-6-3-8(2-4)7-5/h3,7H,2,4-5H2,1H3. The quantitative estimate of drug-likeness (QED) is 0.134. The van der Waals surface area contributed by atoms with Crippen LogP contribution in [0.4, 0.5) is 0 Å². The first kappa shape index (κ1) is 7.35. The maximum Gasteiger partial charge on any atom is 0.101 e. The summed E-state index contributed by atoms with van der Waals surface area (Å²) in [5.74, 6) is 4.97. The van der Waals surface area contributed by atoms with Crippen LogP contribution in [0.15, 0.2) is 4.99 Å². The first-order chi connectivity index (χ1) is 3.85. The molecule has 0 aromatic rings. The van der Waals surface area contributed by atoms with Crippen LogP contribution in [-0.2, 0) is 0 Å². The molecule has 0 aliphatic rings.